The summed E-state index contributed by atoms with van der Waals surface area (Å²) in [7, 11) is 0. The molecule has 2 aromatic carbocycles. The highest BCUT2D eigenvalue weighted by molar-refractivity contribution is 9.10. The Labute approximate surface area is 168 Å². The van der Waals surface area contributed by atoms with E-state index in [4.69, 9.17) is 0 Å². The molecule has 1 N–H and O–H groups in total. The molecule has 0 aliphatic heterocycles. The number of carbonyl (C=O) groups is 1. The number of aromatic nitrogens is 1. The molecule has 0 fully saturated rings. The number of rotatable bonds is 5. The lowest BCUT2D eigenvalue weighted by atomic mass is 10.2. The lowest BCUT2D eigenvalue weighted by Crippen LogP contribution is -2.25. The highest BCUT2D eigenvalue weighted by atomic mass is 79.9. The van der Waals surface area contributed by atoms with Crippen molar-refractivity contribution in [2.75, 3.05) is 0 Å². The van der Waals surface area contributed by atoms with Crippen molar-refractivity contribution in [2.24, 2.45) is 0 Å². The van der Waals surface area contributed by atoms with E-state index in [0.29, 0.717) is 24.3 Å². The number of hydrogen-bond donors (Lipinski definition) is 1. The number of thiophene rings is 1. The third-order valence-corrected chi connectivity index (χ3v) is 6.22. The van der Waals surface area contributed by atoms with Crippen LogP contribution in [0.3, 0.4) is 0 Å². The summed E-state index contributed by atoms with van der Waals surface area (Å²) in [6.07, 6.45) is 0. The van der Waals surface area contributed by atoms with Gasteiger partial charge < -0.3 is 9.88 Å². The highest BCUT2D eigenvalue weighted by Gasteiger charge is 2.19. The zero-order valence-electron chi connectivity index (χ0n) is 14.3. The molecule has 2 heterocycles. The summed E-state index contributed by atoms with van der Waals surface area (Å²) in [5.41, 5.74) is 3.01. The molecule has 4 rings (SSSR count). The first-order chi connectivity index (χ1) is 13.1. The molecule has 0 saturated heterocycles. The summed E-state index contributed by atoms with van der Waals surface area (Å²) in [5, 5.41) is 4.94. The van der Waals surface area contributed by atoms with Crippen LogP contribution in [0.2, 0.25) is 0 Å². The molecule has 27 heavy (non-hydrogen) atoms. The minimum atomic E-state index is -0.277. The predicted molar refractivity (Wildman–Crippen MR) is 111 cm³/mol. The standard InChI is InChI=1S/C21H16BrFN2OS/c22-16-13-27-19-10-18(21(26)24-11-14-6-2-1-3-7-14)25(20(16)19)12-15-8-4-5-9-17(15)23/h1-10,13H,11-12H2,(H,24,26). The van der Waals surface area contributed by atoms with Crippen molar-refractivity contribution in [1.29, 1.82) is 0 Å². The summed E-state index contributed by atoms with van der Waals surface area (Å²) in [6, 6.07) is 18.3. The number of carbonyl (C=O) groups excluding carboxylic acids is 1. The number of benzene rings is 2. The Balaban J connectivity index is 1.67. The monoisotopic (exact) mass is 442 g/mol. The van der Waals surface area contributed by atoms with Crippen molar-refractivity contribution in [3.05, 3.63) is 93.2 Å². The molecule has 4 aromatic rings. The summed E-state index contributed by atoms with van der Waals surface area (Å²) < 4.78 is 17.9. The van der Waals surface area contributed by atoms with E-state index in [9.17, 15) is 9.18 Å². The number of hydrogen-bond acceptors (Lipinski definition) is 2. The molecule has 0 bridgehead atoms. The molecule has 0 saturated carbocycles. The topological polar surface area (TPSA) is 34.0 Å². The fourth-order valence-corrected chi connectivity index (χ4v) is 4.74. The summed E-state index contributed by atoms with van der Waals surface area (Å²) >= 11 is 5.11. The van der Waals surface area contributed by atoms with Gasteiger partial charge in [0.15, 0.2) is 0 Å². The van der Waals surface area contributed by atoms with E-state index >= 15 is 0 Å². The van der Waals surface area contributed by atoms with Crippen molar-refractivity contribution in [1.82, 2.24) is 9.88 Å². The smallest absolute Gasteiger partial charge is 0.268 e. The van der Waals surface area contributed by atoms with Gasteiger partial charge in [-0.3, -0.25) is 4.79 Å². The Morgan fingerprint density at radius 1 is 1.11 bits per heavy atom. The van der Waals surface area contributed by atoms with Gasteiger partial charge in [-0.05, 0) is 33.6 Å². The van der Waals surface area contributed by atoms with E-state index in [-0.39, 0.29) is 11.7 Å². The second-order valence-corrected chi connectivity index (χ2v) is 7.94. The van der Waals surface area contributed by atoms with Gasteiger partial charge in [-0.1, -0.05) is 48.5 Å². The molecule has 0 aliphatic rings. The van der Waals surface area contributed by atoms with Crippen molar-refractivity contribution >= 4 is 43.4 Å². The SMILES string of the molecule is O=C(NCc1ccccc1)c1cc2scc(Br)c2n1Cc1ccccc1F. The van der Waals surface area contributed by atoms with E-state index in [1.807, 2.05) is 46.3 Å². The largest absolute Gasteiger partial charge is 0.347 e. The zero-order valence-corrected chi connectivity index (χ0v) is 16.7. The third kappa shape index (κ3) is 3.68. The molecular weight excluding hydrogens is 427 g/mol. The molecule has 3 nitrogen and oxygen atoms in total. The average molecular weight is 443 g/mol. The minimum absolute atomic E-state index is 0.175. The molecule has 0 aliphatic carbocycles. The van der Waals surface area contributed by atoms with Crippen molar-refractivity contribution < 1.29 is 9.18 Å². The van der Waals surface area contributed by atoms with E-state index in [1.54, 1.807) is 29.5 Å². The van der Waals surface area contributed by atoms with Crippen molar-refractivity contribution in [3.8, 4) is 0 Å². The Morgan fingerprint density at radius 3 is 2.63 bits per heavy atom. The van der Waals surface area contributed by atoms with Gasteiger partial charge in [0.1, 0.15) is 11.5 Å². The molecular formula is C21H16BrFN2OS. The Kier molecular flexibility index (Phi) is 5.09. The third-order valence-electron chi connectivity index (χ3n) is 4.39. The maximum absolute atomic E-state index is 14.2. The van der Waals surface area contributed by atoms with Crippen LogP contribution in [-0.4, -0.2) is 10.5 Å². The van der Waals surface area contributed by atoms with Crippen molar-refractivity contribution in [2.45, 2.75) is 13.1 Å². The molecule has 2 aromatic heterocycles. The normalized spacial score (nSPS) is 11.0. The Hall–Kier alpha value is -2.44. The van der Waals surface area contributed by atoms with Gasteiger partial charge in [0, 0.05) is 17.5 Å². The van der Waals surface area contributed by atoms with Crippen molar-refractivity contribution in [3.63, 3.8) is 0 Å². The molecule has 136 valence electrons. The van der Waals surface area contributed by atoms with Gasteiger partial charge >= 0.3 is 0 Å². The van der Waals surface area contributed by atoms with Crippen LogP contribution >= 0.6 is 27.3 Å². The Bertz CT molecular complexity index is 1100. The van der Waals surface area contributed by atoms with E-state index < -0.39 is 0 Å². The fraction of sp³-hybridized carbons (Fsp3) is 0.0952. The van der Waals surface area contributed by atoms with Crippen LogP contribution in [-0.2, 0) is 13.1 Å². The van der Waals surface area contributed by atoms with E-state index in [2.05, 4.69) is 21.2 Å². The number of halogens is 2. The maximum Gasteiger partial charge on any atom is 0.268 e. The number of nitrogens with one attached hydrogen (secondary N) is 1. The first kappa shape index (κ1) is 17.9. The van der Waals surface area contributed by atoms with Crippen LogP contribution in [0.25, 0.3) is 10.2 Å². The first-order valence-corrected chi connectivity index (χ1v) is 10.1. The molecule has 1 amide bonds. The van der Waals surface area contributed by atoms with E-state index in [0.717, 1.165) is 20.3 Å². The van der Waals surface area contributed by atoms with Gasteiger partial charge in [0.2, 0.25) is 0 Å². The number of amides is 1. The second kappa shape index (κ2) is 7.66. The highest BCUT2D eigenvalue weighted by Crippen LogP contribution is 2.34. The predicted octanol–water partition coefficient (Wildman–Crippen LogP) is 5.58. The molecule has 0 unspecified atom stereocenters. The van der Waals surface area contributed by atoms with E-state index in [1.165, 1.54) is 6.07 Å². The van der Waals surface area contributed by atoms with Crippen LogP contribution in [0.15, 0.2) is 70.5 Å². The second-order valence-electron chi connectivity index (χ2n) is 6.17. The number of nitrogens with zero attached hydrogens (tertiary/aromatic N) is 1. The Morgan fingerprint density at radius 2 is 1.85 bits per heavy atom. The maximum atomic E-state index is 14.2. The van der Waals surface area contributed by atoms with Crippen LogP contribution in [0.5, 0.6) is 0 Å². The van der Waals surface area contributed by atoms with Gasteiger partial charge in [-0.15, -0.1) is 11.3 Å². The molecule has 0 radical (unpaired) electrons. The molecule has 0 atom stereocenters. The molecule has 0 spiro atoms. The fourth-order valence-electron chi connectivity index (χ4n) is 3.05. The molecule has 6 heteroatoms. The van der Waals surface area contributed by atoms with Gasteiger partial charge in [-0.2, -0.15) is 0 Å². The lowest BCUT2D eigenvalue weighted by Gasteiger charge is -2.12. The van der Waals surface area contributed by atoms with Crippen LogP contribution in [0.4, 0.5) is 4.39 Å². The van der Waals surface area contributed by atoms with Gasteiger partial charge in [-0.25, -0.2) is 4.39 Å². The zero-order chi connectivity index (χ0) is 18.8. The van der Waals surface area contributed by atoms with Gasteiger partial charge in [0.05, 0.1) is 21.2 Å². The summed E-state index contributed by atoms with van der Waals surface area (Å²) in [6.45, 7) is 0.735. The van der Waals surface area contributed by atoms with Crippen LogP contribution < -0.4 is 5.32 Å². The summed E-state index contributed by atoms with van der Waals surface area (Å²) in [4.78, 5) is 12.9. The summed E-state index contributed by atoms with van der Waals surface area (Å²) in [5.74, 6) is -0.452. The lowest BCUT2D eigenvalue weighted by molar-refractivity contribution is 0.0942. The average Bonchev–Trinajstić information content (AvgIpc) is 3.23. The number of fused-ring (bicyclic) bond motifs is 1. The van der Waals surface area contributed by atoms with Crippen LogP contribution in [0, 0.1) is 5.82 Å². The quantitative estimate of drug-likeness (QED) is 0.429. The van der Waals surface area contributed by atoms with Crippen LogP contribution in [0.1, 0.15) is 21.6 Å². The van der Waals surface area contributed by atoms with Gasteiger partial charge in [0.25, 0.3) is 5.91 Å². The first-order valence-electron chi connectivity index (χ1n) is 8.45. The minimum Gasteiger partial charge on any atom is -0.347 e.